The maximum Gasteiger partial charge on any atom is 0.258 e. The number of hydrogen-bond donors (Lipinski definition) is 3. The van der Waals surface area contributed by atoms with E-state index in [4.69, 9.17) is 0 Å². The molecule has 0 saturated carbocycles. The highest BCUT2D eigenvalue weighted by molar-refractivity contribution is 5.82. The summed E-state index contributed by atoms with van der Waals surface area (Å²) in [7, 11) is 0. The number of hydrogen-bond acceptors (Lipinski definition) is 4. The highest BCUT2D eigenvalue weighted by atomic mass is 19.1. The molecule has 0 radical (unpaired) electrons. The van der Waals surface area contributed by atoms with Gasteiger partial charge in [0.15, 0.2) is 0 Å². The summed E-state index contributed by atoms with van der Waals surface area (Å²) in [5.41, 5.74) is 1.80. The van der Waals surface area contributed by atoms with Gasteiger partial charge in [0.25, 0.3) is 5.56 Å². The van der Waals surface area contributed by atoms with Crippen LogP contribution in [0.15, 0.2) is 47.3 Å². The number of benzene rings is 1. The number of aliphatic hydroxyl groups is 1. The van der Waals surface area contributed by atoms with Crippen molar-refractivity contribution in [3.63, 3.8) is 0 Å². The first kappa shape index (κ1) is 19.5. The molecule has 3 N–H and O–H groups in total. The second-order valence-corrected chi connectivity index (χ2v) is 7.57. The van der Waals surface area contributed by atoms with Gasteiger partial charge in [0.05, 0.1) is 12.1 Å². The number of fused-ring (bicyclic) bond motifs is 3. The molecule has 1 saturated heterocycles. The van der Waals surface area contributed by atoms with E-state index in [1.807, 2.05) is 19.1 Å². The van der Waals surface area contributed by atoms with E-state index in [2.05, 4.69) is 10.6 Å². The second-order valence-electron chi connectivity index (χ2n) is 7.57. The minimum Gasteiger partial charge on any atom is -0.396 e. The normalized spacial score (nSPS) is 25.2. The van der Waals surface area contributed by atoms with Crippen molar-refractivity contribution in [2.45, 2.75) is 32.1 Å². The smallest absolute Gasteiger partial charge is 0.258 e. The zero-order chi connectivity index (χ0) is 20.5. The van der Waals surface area contributed by atoms with Gasteiger partial charge in [0.2, 0.25) is 5.91 Å². The van der Waals surface area contributed by atoms with Gasteiger partial charge in [0, 0.05) is 48.4 Å². The molecule has 0 unspecified atom stereocenters. The van der Waals surface area contributed by atoms with E-state index in [0.717, 1.165) is 5.69 Å². The first-order chi connectivity index (χ1) is 14.0. The number of nitrogens with zero attached hydrogens (tertiary/aromatic N) is 1. The van der Waals surface area contributed by atoms with Crippen LogP contribution < -0.4 is 16.2 Å². The van der Waals surface area contributed by atoms with Gasteiger partial charge < -0.3 is 15.0 Å². The van der Waals surface area contributed by atoms with E-state index in [0.29, 0.717) is 17.7 Å². The van der Waals surface area contributed by atoms with Crippen molar-refractivity contribution in [2.24, 2.45) is 11.8 Å². The molecule has 1 aromatic carbocycles. The van der Waals surface area contributed by atoms with Crippen molar-refractivity contribution >= 4 is 12.0 Å². The molecular weight excluding hydrogens is 373 g/mol. The Hall–Kier alpha value is -2.77. The standard InChI is InChI=1S/C22H24FN3O3/c1-2-5-13-8-9-18-19-15(11-26(18)22(13)29)16(12-27)20(25-19)21(28)24-10-14-6-3-4-7-17(14)23/h2-9,15-16,19-20,25,27H,10-12H2,1H3,(H,24,28)/b5-2+/t15-,16-,19+,20-/m1/s1. The Balaban J connectivity index is 1.53. The Morgan fingerprint density at radius 2 is 2.14 bits per heavy atom. The third-order valence-corrected chi connectivity index (χ3v) is 5.97. The van der Waals surface area contributed by atoms with Gasteiger partial charge in [-0.3, -0.25) is 14.9 Å². The lowest BCUT2D eigenvalue weighted by atomic mass is 9.88. The van der Waals surface area contributed by atoms with E-state index < -0.39 is 6.04 Å². The minimum atomic E-state index is -0.596. The number of halogens is 1. The Kier molecular flexibility index (Phi) is 5.34. The quantitative estimate of drug-likeness (QED) is 0.716. The Morgan fingerprint density at radius 1 is 1.34 bits per heavy atom. The van der Waals surface area contributed by atoms with Gasteiger partial charge in [-0.15, -0.1) is 0 Å². The van der Waals surface area contributed by atoms with Crippen LogP contribution in [0.2, 0.25) is 0 Å². The summed E-state index contributed by atoms with van der Waals surface area (Å²) in [5.74, 6) is -1.03. The van der Waals surface area contributed by atoms with Crippen LogP contribution in [0.25, 0.3) is 6.08 Å². The molecule has 2 aliphatic rings. The summed E-state index contributed by atoms with van der Waals surface area (Å²) >= 11 is 0. The van der Waals surface area contributed by atoms with Crippen molar-refractivity contribution in [3.8, 4) is 0 Å². The summed E-state index contributed by atoms with van der Waals surface area (Å²) in [4.78, 5) is 25.5. The molecular formula is C22H24FN3O3. The van der Waals surface area contributed by atoms with Gasteiger partial charge >= 0.3 is 0 Å². The number of nitrogens with one attached hydrogen (secondary N) is 2. The topological polar surface area (TPSA) is 83.4 Å². The Labute approximate surface area is 168 Å². The van der Waals surface area contributed by atoms with Crippen LogP contribution in [0.1, 0.15) is 29.8 Å². The highest BCUT2D eigenvalue weighted by Crippen LogP contribution is 2.42. The van der Waals surface area contributed by atoms with E-state index in [1.165, 1.54) is 6.07 Å². The highest BCUT2D eigenvalue weighted by Gasteiger charge is 2.50. The van der Waals surface area contributed by atoms with Crippen LogP contribution in [-0.2, 0) is 17.9 Å². The molecule has 4 rings (SSSR count). The first-order valence-corrected chi connectivity index (χ1v) is 9.79. The van der Waals surface area contributed by atoms with E-state index in [1.54, 1.807) is 34.9 Å². The van der Waals surface area contributed by atoms with Gasteiger partial charge in [-0.05, 0) is 25.1 Å². The largest absolute Gasteiger partial charge is 0.396 e. The maximum atomic E-state index is 13.8. The van der Waals surface area contributed by atoms with Crippen LogP contribution >= 0.6 is 0 Å². The summed E-state index contributed by atoms with van der Waals surface area (Å²) < 4.78 is 15.5. The van der Waals surface area contributed by atoms with Crippen molar-refractivity contribution in [2.75, 3.05) is 6.61 Å². The number of carbonyl (C=O) groups is 1. The molecule has 0 spiro atoms. The zero-order valence-corrected chi connectivity index (χ0v) is 16.1. The Morgan fingerprint density at radius 3 is 2.86 bits per heavy atom. The zero-order valence-electron chi connectivity index (χ0n) is 16.1. The molecule has 3 heterocycles. The van der Waals surface area contributed by atoms with E-state index in [-0.39, 0.29) is 48.3 Å². The fraction of sp³-hybridized carbons (Fsp3) is 0.364. The lowest BCUT2D eigenvalue weighted by Crippen LogP contribution is -2.46. The molecule has 1 fully saturated rings. The van der Waals surface area contributed by atoms with Crippen LogP contribution in [-0.4, -0.2) is 28.2 Å². The van der Waals surface area contributed by atoms with Crippen molar-refractivity contribution in [1.82, 2.24) is 15.2 Å². The molecule has 152 valence electrons. The average Bonchev–Trinajstić information content (AvgIpc) is 3.26. The molecule has 29 heavy (non-hydrogen) atoms. The second kappa shape index (κ2) is 7.93. The average molecular weight is 397 g/mol. The number of aromatic nitrogens is 1. The van der Waals surface area contributed by atoms with Crippen molar-refractivity contribution in [3.05, 3.63) is 75.5 Å². The third-order valence-electron chi connectivity index (χ3n) is 5.97. The van der Waals surface area contributed by atoms with Crippen LogP contribution in [0.3, 0.4) is 0 Å². The van der Waals surface area contributed by atoms with Gasteiger partial charge in [-0.1, -0.05) is 30.4 Å². The summed E-state index contributed by atoms with van der Waals surface area (Å²) in [5, 5.41) is 16.0. The SMILES string of the molecule is C/C=C/c1ccc2n(c1=O)C[C@@H]1[C@@H](CO)[C@H](C(=O)NCc3ccccc3F)N[C@H]21. The van der Waals surface area contributed by atoms with Crippen LogP contribution in [0, 0.1) is 17.7 Å². The van der Waals surface area contributed by atoms with Gasteiger partial charge in [-0.2, -0.15) is 0 Å². The lowest BCUT2D eigenvalue weighted by molar-refractivity contribution is -0.124. The number of pyridine rings is 1. The van der Waals surface area contributed by atoms with E-state index >= 15 is 0 Å². The molecule has 0 bridgehead atoms. The molecule has 2 aliphatic heterocycles. The van der Waals surface area contributed by atoms with Crippen LogP contribution in [0.4, 0.5) is 4.39 Å². The summed E-state index contributed by atoms with van der Waals surface area (Å²) in [6.07, 6.45) is 3.60. The maximum absolute atomic E-state index is 13.8. The summed E-state index contributed by atoms with van der Waals surface area (Å²) in [6, 6.07) is 9.22. The Bertz CT molecular complexity index is 1020. The lowest BCUT2D eigenvalue weighted by Gasteiger charge is -2.21. The molecule has 2 aromatic rings. The van der Waals surface area contributed by atoms with Gasteiger partial charge in [-0.25, -0.2) is 4.39 Å². The number of carbonyl (C=O) groups excluding carboxylic acids is 1. The van der Waals surface area contributed by atoms with Crippen molar-refractivity contribution < 1.29 is 14.3 Å². The third kappa shape index (κ3) is 3.41. The number of rotatable bonds is 5. The number of aliphatic hydroxyl groups excluding tert-OH is 1. The molecule has 6 nitrogen and oxygen atoms in total. The fourth-order valence-electron chi connectivity index (χ4n) is 4.51. The fourth-order valence-corrected chi connectivity index (χ4v) is 4.51. The number of amides is 1. The molecule has 0 aliphatic carbocycles. The molecule has 7 heteroatoms. The summed E-state index contributed by atoms with van der Waals surface area (Å²) in [6.45, 7) is 2.23. The van der Waals surface area contributed by atoms with Crippen molar-refractivity contribution in [1.29, 1.82) is 0 Å². The molecule has 4 atom stereocenters. The molecule has 1 aromatic heterocycles. The first-order valence-electron chi connectivity index (χ1n) is 9.79. The minimum absolute atomic E-state index is 0.0576. The number of allylic oxidation sites excluding steroid dienone is 1. The van der Waals surface area contributed by atoms with E-state index in [9.17, 15) is 19.1 Å². The predicted octanol–water partition coefficient (Wildman–Crippen LogP) is 1.59. The van der Waals surface area contributed by atoms with Crippen LogP contribution in [0.5, 0.6) is 0 Å². The molecule has 1 amide bonds. The van der Waals surface area contributed by atoms with Gasteiger partial charge in [0.1, 0.15) is 5.82 Å². The monoisotopic (exact) mass is 397 g/mol. The predicted molar refractivity (Wildman–Crippen MR) is 107 cm³/mol.